The standard InChI is InChI=1S/C13H16N2O2/c1-4-14-12(17)10-6-5-7-11(8-10)13(2,3)15-9-16/h5-8H,4H2,1-3H3,(H,14,17). The van der Waals surface area contributed by atoms with Crippen LogP contribution in [0.1, 0.15) is 36.7 Å². The maximum atomic E-state index is 11.7. The first-order valence-electron chi connectivity index (χ1n) is 5.49. The zero-order valence-electron chi connectivity index (χ0n) is 10.3. The summed E-state index contributed by atoms with van der Waals surface area (Å²) in [5, 5.41) is 2.73. The number of isocyanates is 1. The SMILES string of the molecule is CCNC(=O)c1cccc(C(C)(C)N=C=O)c1. The number of nitrogens with zero attached hydrogens (tertiary/aromatic N) is 1. The molecule has 4 nitrogen and oxygen atoms in total. The lowest BCUT2D eigenvalue weighted by Gasteiger charge is -2.18. The fourth-order valence-corrected chi connectivity index (χ4v) is 1.48. The van der Waals surface area contributed by atoms with Crippen LogP contribution in [-0.4, -0.2) is 18.5 Å². The molecule has 0 fully saturated rings. The van der Waals surface area contributed by atoms with Crippen molar-refractivity contribution in [2.75, 3.05) is 6.54 Å². The predicted octanol–water partition coefficient (Wildman–Crippen LogP) is 2.01. The third-order valence-corrected chi connectivity index (χ3v) is 2.49. The van der Waals surface area contributed by atoms with Gasteiger partial charge in [0.15, 0.2) is 0 Å². The van der Waals surface area contributed by atoms with Crippen molar-refractivity contribution in [3.8, 4) is 0 Å². The topological polar surface area (TPSA) is 58.5 Å². The molecule has 1 rings (SSSR count). The number of hydrogen-bond donors (Lipinski definition) is 1. The summed E-state index contributed by atoms with van der Waals surface area (Å²) in [5.74, 6) is -0.125. The molecule has 1 amide bonds. The molecule has 0 heterocycles. The lowest BCUT2D eigenvalue weighted by Crippen LogP contribution is -2.23. The summed E-state index contributed by atoms with van der Waals surface area (Å²) < 4.78 is 0. The van der Waals surface area contributed by atoms with E-state index in [1.165, 1.54) is 0 Å². The normalized spacial score (nSPS) is 10.5. The summed E-state index contributed by atoms with van der Waals surface area (Å²) in [6.45, 7) is 6.05. The van der Waals surface area contributed by atoms with Crippen molar-refractivity contribution in [2.45, 2.75) is 26.3 Å². The van der Waals surface area contributed by atoms with Crippen LogP contribution in [-0.2, 0) is 10.3 Å². The molecular formula is C13H16N2O2. The maximum Gasteiger partial charge on any atom is 0.251 e. The van der Waals surface area contributed by atoms with E-state index >= 15 is 0 Å². The summed E-state index contributed by atoms with van der Waals surface area (Å²) in [5.41, 5.74) is 0.715. The zero-order valence-corrected chi connectivity index (χ0v) is 10.3. The van der Waals surface area contributed by atoms with Gasteiger partial charge in [0.25, 0.3) is 5.91 Å². The van der Waals surface area contributed by atoms with Gasteiger partial charge >= 0.3 is 0 Å². The number of amides is 1. The average molecular weight is 232 g/mol. The number of benzene rings is 1. The van der Waals surface area contributed by atoms with Gasteiger partial charge in [-0.3, -0.25) is 4.79 Å². The van der Waals surface area contributed by atoms with Crippen LogP contribution in [0.3, 0.4) is 0 Å². The van der Waals surface area contributed by atoms with Crippen molar-refractivity contribution in [1.82, 2.24) is 5.32 Å². The van der Waals surface area contributed by atoms with Gasteiger partial charge in [0, 0.05) is 12.1 Å². The van der Waals surface area contributed by atoms with E-state index in [1.807, 2.05) is 13.0 Å². The highest BCUT2D eigenvalue weighted by molar-refractivity contribution is 5.94. The van der Waals surface area contributed by atoms with Gasteiger partial charge in [-0.05, 0) is 38.5 Å². The number of nitrogens with one attached hydrogen (secondary N) is 1. The van der Waals surface area contributed by atoms with Gasteiger partial charge in [0.05, 0.1) is 5.54 Å². The molecule has 1 aromatic carbocycles. The van der Waals surface area contributed by atoms with Crippen LogP contribution in [0.4, 0.5) is 0 Å². The quantitative estimate of drug-likeness (QED) is 0.637. The van der Waals surface area contributed by atoms with E-state index in [2.05, 4.69) is 10.3 Å². The molecule has 0 saturated carbocycles. The van der Waals surface area contributed by atoms with Crippen LogP contribution in [0.25, 0.3) is 0 Å². The van der Waals surface area contributed by atoms with E-state index in [1.54, 1.807) is 38.1 Å². The Morgan fingerprint density at radius 3 is 2.76 bits per heavy atom. The molecule has 0 bridgehead atoms. The Kier molecular flexibility index (Phi) is 4.18. The molecule has 0 aliphatic heterocycles. The first-order chi connectivity index (χ1) is 8.01. The average Bonchev–Trinajstić information content (AvgIpc) is 2.29. The van der Waals surface area contributed by atoms with Crippen LogP contribution >= 0.6 is 0 Å². The Labute approximate surface area is 101 Å². The van der Waals surface area contributed by atoms with Crippen LogP contribution in [0, 0.1) is 0 Å². The second kappa shape index (κ2) is 5.41. The van der Waals surface area contributed by atoms with Gasteiger partial charge in [0.2, 0.25) is 6.08 Å². The van der Waals surface area contributed by atoms with E-state index in [-0.39, 0.29) is 5.91 Å². The first-order valence-corrected chi connectivity index (χ1v) is 5.49. The lowest BCUT2D eigenvalue weighted by molar-refractivity contribution is 0.0955. The second-order valence-electron chi connectivity index (χ2n) is 4.20. The van der Waals surface area contributed by atoms with E-state index in [9.17, 15) is 9.59 Å². The highest BCUT2D eigenvalue weighted by Gasteiger charge is 2.20. The number of carbonyl (C=O) groups is 1. The van der Waals surface area contributed by atoms with Crippen LogP contribution < -0.4 is 5.32 Å². The lowest BCUT2D eigenvalue weighted by atomic mass is 9.93. The van der Waals surface area contributed by atoms with E-state index in [0.717, 1.165) is 5.56 Å². The molecule has 0 radical (unpaired) electrons. The minimum atomic E-state index is -0.662. The molecular weight excluding hydrogens is 216 g/mol. The first kappa shape index (κ1) is 13.1. The monoisotopic (exact) mass is 232 g/mol. The summed E-state index contributed by atoms with van der Waals surface area (Å²) in [6, 6.07) is 7.09. The van der Waals surface area contributed by atoms with Crippen molar-refractivity contribution >= 4 is 12.0 Å². The number of hydrogen-bond acceptors (Lipinski definition) is 3. The highest BCUT2D eigenvalue weighted by Crippen LogP contribution is 2.24. The molecule has 0 aliphatic carbocycles. The molecule has 90 valence electrons. The van der Waals surface area contributed by atoms with Crippen molar-refractivity contribution in [3.05, 3.63) is 35.4 Å². The predicted molar refractivity (Wildman–Crippen MR) is 65.6 cm³/mol. The molecule has 17 heavy (non-hydrogen) atoms. The van der Waals surface area contributed by atoms with Gasteiger partial charge in [-0.15, -0.1) is 0 Å². The molecule has 4 heteroatoms. The minimum Gasteiger partial charge on any atom is -0.352 e. The van der Waals surface area contributed by atoms with Crippen LogP contribution in [0.5, 0.6) is 0 Å². The zero-order chi connectivity index (χ0) is 12.9. The van der Waals surface area contributed by atoms with Gasteiger partial charge in [0.1, 0.15) is 0 Å². The van der Waals surface area contributed by atoms with Crippen LogP contribution in [0.15, 0.2) is 29.3 Å². The van der Waals surface area contributed by atoms with Crippen molar-refractivity contribution in [1.29, 1.82) is 0 Å². The summed E-state index contributed by atoms with van der Waals surface area (Å²) in [6.07, 6.45) is 1.55. The van der Waals surface area contributed by atoms with E-state index < -0.39 is 5.54 Å². The van der Waals surface area contributed by atoms with Gasteiger partial charge in [-0.25, -0.2) is 4.79 Å². The van der Waals surface area contributed by atoms with Crippen molar-refractivity contribution in [3.63, 3.8) is 0 Å². The molecule has 0 unspecified atom stereocenters. The Morgan fingerprint density at radius 2 is 2.18 bits per heavy atom. The molecule has 1 aromatic rings. The Bertz CT molecular complexity index is 460. The third-order valence-electron chi connectivity index (χ3n) is 2.49. The fraction of sp³-hybridized carbons (Fsp3) is 0.385. The Morgan fingerprint density at radius 1 is 1.47 bits per heavy atom. The number of carbonyl (C=O) groups excluding carboxylic acids is 2. The minimum absolute atomic E-state index is 0.125. The molecule has 0 spiro atoms. The van der Waals surface area contributed by atoms with Gasteiger partial charge in [-0.2, -0.15) is 4.99 Å². The van der Waals surface area contributed by atoms with E-state index in [0.29, 0.717) is 12.1 Å². The second-order valence-corrected chi connectivity index (χ2v) is 4.20. The van der Waals surface area contributed by atoms with E-state index in [4.69, 9.17) is 0 Å². The number of rotatable bonds is 4. The molecule has 0 atom stereocenters. The van der Waals surface area contributed by atoms with Crippen molar-refractivity contribution < 1.29 is 9.59 Å². The fourth-order valence-electron chi connectivity index (χ4n) is 1.48. The number of aliphatic imine (C=N–C) groups is 1. The van der Waals surface area contributed by atoms with Gasteiger partial charge in [-0.1, -0.05) is 12.1 Å². The molecule has 0 saturated heterocycles. The summed E-state index contributed by atoms with van der Waals surface area (Å²) >= 11 is 0. The highest BCUT2D eigenvalue weighted by atomic mass is 16.1. The largest absolute Gasteiger partial charge is 0.352 e. The Balaban J connectivity index is 3.09. The van der Waals surface area contributed by atoms with Crippen LogP contribution in [0.2, 0.25) is 0 Å². The molecule has 0 aliphatic rings. The summed E-state index contributed by atoms with van der Waals surface area (Å²) in [7, 11) is 0. The third kappa shape index (κ3) is 3.26. The summed E-state index contributed by atoms with van der Waals surface area (Å²) in [4.78, 5) is 25.7. The van der Waals surface area contributed by atoms with Gasteiger partial charge < -0.3 is 5.32 Å². The molecule has 0 aromatic heterocycles. The molecule has 1 N–H and O–H groups in total. The smallest absolute Gasteiger partial charge is 0.251 e. The Hall–Kier alpha value is -1.93. The maximum absolute atomic E-state index is 11.7. The van der Waals surface area contributed by atoms with Crippen molar-refractivity contribution in [2.24, 2.45) is 4.99 Å².